The molecule has 1 aliphatic rings. The zero-order valence-corrected chi connectivity index (χ0v) is 13.9. The van der Waals surface area contributed by atoms with Crippen molar-refractivity contribution in [3.05, 3.63) is 24.3 Å². The molecule has 1 aromatic carbocycles. The monoisotopic (exact) mass is 327 g/mol. The van der Waals surface area contributed by atoms with Crippen molar-refractivity contribution >= 4 is 24.0 Å². The summed E-state index contributed by atoms with van der Waals surface area (Å²) in [4.78, 5) is 14.2. The molecule has 124 valence electrons. The standard InChI is InChI=1S/C16H25N3O2.ClH/c1-2-21-15-5-3-14(4-6-15)18-16(20)12-19-9-7-13(11-17)8-10-19;/h3-6,13H,2,7-12,17H2,1H3,(H,18,20);1H. The molecule has 1 aromatic rings. The Bertz CT molecular complexity index is 445. The number of nitrogens with one attached hydrogen (secondary N) is 1. The van der Waals surface area contributed by atoms with Gasteiger partial charge in [-0.25, -0.2) is 0 Å². The lowest BCUT2D eigenvalue weighted by Crippen LogP contribution is -2.40. The molecule has 5 nitrogen and oxygen atoms in total. The Morgan fingerprint density at radius 1 is 1.32 bits per heavy atom. The number of anilines is 1. The molecule has 0 aliphatic carbocycles. The van der Waals surface area contributed by atoms with Crippen molar-refractivity contribution in [1.82, 2.24) is 4.90 Å². The maximum atomic E-state index is 12.0. The van der Waals surface area contributed by atoms with Crippen LogP contribution in [0.25, 0.3) is 0 Å². The minimum absolute atomic E-state index is 0. The highest BCUT2D eigenvalue weighted by Crippen LogP contribution is 2.17. The van der Waals surface area contributed by atoms with E-state index in [1.807, 2.05) is 31.2 Å². The van der Waals surface area contributed by atoms with E-state index in [2.05, 4.69) is 10.2 Å². The number of nitrogens with zero attached hydrogens (tertiary/aromatic N) is 1. The molecule has 0 radical (unpaired) electrons. The van der Waals surface area contributed by atoms with E-state index >= 15 is 0 Å². The van der Waals surface area contributed by atoms with Gasteiger partial charge in [-0.15, -0.1) is 12.4 Å². The van der Waals surface area contributed by atoms with Crippen molar-refractivity contribution in [2.45, 2.75) is 19.8 Å². The number of piperidine rings is 1. The van der Waals surface area contributed by atoms with Crippen LogP contribution in [0.5, 0.6) is 5.75 Å². The summed E-state index contributed by atoms with van der Waals surface area (Å²) in [5.74, 6) is 1.47. The average molecular weight is 328 g/mol. The molecular formula is C16H26ClN3O2. The van der Waals surface area contributed by atoms with Gasteiger partial charge in [-0.2, -0.15) is 0 Å². The molecule has 0 spiro atoms. The van der Waals surface area contributed by atoms with E-state index in [0.29, 0.717) is 19.1 Å². The molecule has 0 saturated carbocycles. The SMILES string of the molecule is CCOc1ccc(NC(=O)CN2CCC(CN)CC2)cc1.Cl. The third-order valence-corrected chi connectivity index (χ3v) is 3.86. The number of hydrogen-bond acceptors (Lipinski definition) is 4. The number of carbonyl (C=O) groups is 1. The molecule has 1 aliphatic heterocycles. The van der Waals surface area contributed by atoms with Crippen molar-refractivity contribution in [2.24, 2.45) is 11.7 Å². The quantitative estimate of drug-likeness (QED) is 0.840. The Hall–Kier alpha value is -1.30. The molecule has 0 bridgehead atoms. The molecule has 0 unspecified atom stereocenters. The van der Waals surface area contributed by atoms with Crippen molar-refractivity contribution < 1.29 is 9.53 Å². The summed E-state index contributed by atoms with van der Waals surface area (Å²) in [7, 11) is 0. The van der Waals surface area contributed by atoms with E-state index in [-0.39, 0.29) is 18.3 Å². The van der Waals surface area contributed by atoms with Gasteiger partial charge < -0.3 is 15.8 Å². The normalized spacial score (nSPS) is 15.9. The minimum atomic E-state index is 0. The van der Waals surface area contributed by atoms with E-state index in [4.69, 9.17) is 10.5 Å². The summed E-state index contributed by atoms with van der Waals surface area (Å²) in [5, 5.41) is 2.92. The number of hydrogen-bond donors (Lipinski definition) is 2. The lowest BCUT2D eigenvalue weighted by Gasteiger charge is -2.30. The fourth-order valence-corrected chi connectivity index (χ4v) is 2.59. The van der Waals surface area contributed by atoms with E-state index in [1.165, 1.54) is 0 Å². The Morgan fingerprint density at radius 3 is 2.50 bits per heavy atom. The smallest absolute Gasteiger partial charge is 0.238 e. The number of benzene rings is 1. The average Bonchev–Trinajstić information content (AvgIpc) is 2.50. The van der Waals surface area contributed by atoms with E-state index < -0.39 is 0 Å². The molecular weight excluding hydrogens is 302 g/mol. The number of halogens is 1. The fourth-order valence-electron chi connectivity index (χ4n) is 2.59. The van der Waals surface area contributed by atoms with Crippen LogP contribution in [0.1, 0.15) is 19.8 Å². The first-order valence-electron chi connectivity index (χ1n) is 7.66. The van der Waals surface area contributed by atoms with Gasteiger partial charge in [-0.3, -0.25) is 9.69 Å². The number of ether oxygens (including phenoxy) is 1. The highest BCUT2D eigenvalue weighted by molar-refractivity contribution is 5.92. The van der Waals surface area contributed by atoms with Gasteiger partial charge in [0.15, 0.2) is 0 Å². The molecule has 1 heterocycles. The van der Waals surface area contributed by atoms with Crippen LogP contribution in [0.4, 0.5) is 5.69 Å². The van der Waals surface area contributed by atoms with Gasteiger partial charge in [0.05, 0.1) is 13.2 Å². The second kappa shape index (κ2) is 9.66. The van der Waals surface area contributed by atoms with Gasteiger partial charge in [0.2, 0.25) is 5.91 Å². The molecule has 1 saturated heterocycles. The summed E-state index contributed by atoms with van der Waals surface area (Å²) in [5.41, 5.74) is 6.48. The van der Waals surface area contributed by atoms with Gasteiger partial charge in [-0.1, -0.05) is 0 Å². The van der Waals surface area contributed by atoms with E-state index in [0.717, 1.165) is 43.9 Å². The lowest BCUT2D eigenvalue weighted by molar-refractivity contribution is -0.117. The molecule has 22 heavy (non-hydrogen) atoms. The summed E-state index contributed by atoms with van der Waals surface area (Å²) < 4.78 is 5.38. The highest BCUT2D eigenvalue weighted by atomic mass is 35.5. The van der Waals surface area contributed by atoms with Crippen LogP contribution < -0.4 is 15.8 Å². The first-order chi connectivity index (χ1) is 10.2. The Kier molecular flexibility index (Phi) is 8.24. The Labute approximate surface area is 138 Å². The number of nitrogens with two attached hydrogens (primary N) is 1. The number of amides is 1. The third kappa shape index (κ3) is 5.83. The van der Waals surface area contributed by atoms with Gasteiger partial charge in [-0.05, 0) is 69.6 Å². The number of likely N-dealkylation sites (tertiary alicyclic amines) is 1. The first-order valence-corrected chi connectivity index (χ1v) is 7.66. The molecule has 6 heteroatoms. The summed E-state index contributed by atoms with van der Waals surface area (Å²) >= 11 is 0. The topological polar surface area (TPSA) is 67.6 Å². The Balaban J connectivity index is 0.00000242. The fraction of sp³-hybridized carbons (Fsp3) is 0.562. The summed E-state index contributed by atoms with van der Waals surface area (Å²) in [6.07, 6.45) is 2.18. The van der Waals surface area contributed by atoms with Crippen LogP contribution in [0.15, 0.2) is 24.3 Å². The number of rotatable bonds is 6. The van der Waals surface area contributed by atoms with Crippen LogP contribution in [0.3, 0.4) is 0 Å². The van der Waals surface area contributed by atoms with E-state index in [1.54, 1.807) is 0 Å². The van der Waals surface area contributed by atoms with Crippen molar-refractivity contribution in [2.75, 3.05) is 38.1 Å². The molecule has 0 atom stereocenters. The largest absolute Gasteiger partial charge is 0.494 e. The van der Waals surface area contributed by atoms with Gasteiger partial charge >= 0.3 is 0 Å². The van der Waals surface area contributed by atoms with Crippen LogP contribution in [-0.4, -0.2) is 43.6 Å². The van der Waals surface area contributed by atoms with Crippen molar-refractivity contribution in [3.8, 4) is 5.75 Å². The lowest BCUT2D eigenvalue weighted by atomic mass is 9.97. The number of carbonyl (C=O) groups excluding carboxylic acids is 1. The van der Waals surface area contributed by atoms with Gasteiger partial charge in [0, 0.05) is 5.69 Å². The predicted molar refractivity (Wildman–Crippen MR) is 91.7 cm³/mol. The van der Waals surface area contributed by atoms with Crippen LogP contribution >= 0.6 is 12.4 Å². The van der Waals surface area contributed by atoms with Crippen molar-refractivity contribution in [1.29, 1.82) is 0 Å². The highest BCUT2D eigenvalue weighted by Gasteiger charge is 2.19. The minimum Gasteiger partial charge on any atom is -0.494 e. The maximum absolute atomic E-state index is 12.0. The first kappa shape index (κ1) is 18.7. The third-order valence-electron chi connectivity index (χ3n) is 3.86. The van der Waals surface area contributed by atoms with Crippen LogP contribution in [0, 0.1) is 5.92 Å². The molecule has 2 rings (SSSR count). The molecule has 3 N–H and O–H groups in total. The second-order valence-electron chi connectivity index (χ2n) is 5.46. The maximum Gasteiger partial charge on any atom is 0.238 e. The molecule has 1 amide bonds. The summed E-state index contributed by atoms with van der Waals surface area (Å²) in [6.45, 7) is 5.71. The van der Waals surface area contributed by atoms with Crippen molar-refractivity contribution in [3.63, 3.8) is 0 Å². The van der Waals surface area contributed by atoms with Crippen LogP contribution in [-0.2, 0) is 4.79 Å². The zero-order valence-electron chi connectivity index (χ0n) is 13.1. The predicted octanol–water partition coefficient (Wildman–Crippen LogP) is 2.12. The Morgan fingerprint density at radius 2 is 1.95 bits per heavy atom. The van der Waals surface area contributed by atoms with Gasteiger partial charge in [0.1, 0.15) is 5.75 Å². The summed E-state index contributed by atoms with van der Waals surface area (Å²) in [6, 6.07) is 7.46. The zero-order chi connectivity index (χ0) is 15.1. The second-order valence-corrected chi connectivity index (χ2v) is 5.46. The molecule has 0 aromatic heterocycles. The van der Waals surface area contributed by atoms with Crippen LogP contribution in [0.2, 0.25) is 0 Å². The van der Waals surface area contributed by atoms with E-state index in [9.17, 15) is 4.79 Å². The molecule has 1 fully saturated rings. The van der Waals surface area contributed by atoms with Gasteiger partial charge in [0.25, 0.3) is 0 Å².